The molecule has 0 N–H and O–H groups in total. The number of hydrogen-bond acceptors (Lipinski definition) is 3. The highest BCUT2D eigenvalue weighted by Gasteiger charge is 2.02. The van der Waals surface area contributed by atoms with E-state index in [1.807, 2.05) is 14.0 Å². The average Bonchev–Trinajstić information content (AvgIpc) is 2.55. The number of aromatic nitrogens is 2. The van der Waals surface area contributed by atoms with Crippen molar-refractivity contribution in [2.45, 2.75) is 13.3 Å². The van der Waals surface area contributed by atoms with Gasteiger partial charge in [-0.05, 0) is 6.42 Å². The minimum absolute atomic E-state index is 0.532. The molecule has 0 amide bonds. The van der Waals surface area contributed by atoms with Crippen molar-refractivity contribution in [3.8, 4) is 11.8 Å². The van der Waals surface area contributed by atoms with Gasteiger partial charge in [-0.25, -0.2) is 4.79 Å². The number of methoxy groups -OCH3 is 1. The summed E-state index contributed by atoms with van der Waals surface area (Å²) in [5.41, 5.74) is 1.67. The average molecular weight is 192 g/mol. The Balaban J connectivity index is 2.93. The fourth-order valence-electron chi connectivity index (χ4n) is 1.07. The van der Waals surface area contributed by atoms with Crippen molar-refractivity contribution < 1.29 is 9.53 Å². The van der Waals surface area contributed by atoms with Crippen molar-refractivity contribution in [2.75, 3.05) is 7.11 Å². The third-order valence-corrected chi connectivity index (χ3v) is 1.72. The Morgan fingerprint density at radius 1 is 1.71 bits per heavy atom. The lowest BCUT2D eigenvalue weighted by Crippen LogP contribution is -1.94. The van der Waals surface area contributed by atoms with E-state index in [0.29, 0.717) is 0 Å². The molecule has 1 aromatic rings. The van der Waals surface area contributed by atoms with Gasteiger partial charge in [-0.1, -0.05) is 12.8 Å². The van der Waals surface area contributed by atoms with Crippen LogP contribution in [0.15, 0.2) is 6.20 Å². The number of hydrogen-bond donors (Lipinski definition) is 0. The summed E-state index contributed by atoms with van der Waals surface area (Å²) in [5, 5.41) is 4.19. The van der Waals surface area contributed by atoms with Gasteiger partial charge in [-0.3, -0.25) is 4.68 Å². The molecule has 1 rings (SSSR count). The highest BCUT2D eigenvalue weighted by molar-refractivity contribution is 5.89. The molecule has 0 radical (unpaired) electrons. The lowest BCUT2D eigenvalue weighted by Gasteiger charge is -1.87. The lowest BCUT2D eigenvalue weighted by atomic mass is 10.2. The topological polar surface area (TPSA) is 44.1 Å². The molecule has 0 spiro atoms. The SMILES string of the molecule is CCc1nn(C)cc1C#CC(=O)OC. The third kappa shape index (κ3) is 2.36. The van der Waals surface area contributed by atoms with Crippen LogP contribution in [0, 0.1) is 11.8 Å². The van der Waals surface area contributed by atoms with Gasteiger partial charge in [0.25, 0.3) is 0 Å². The minimum Gasteiger partial charge on any atom is -0.459 e. The fourth-order valence-corrected chi connectivity index (χ4v) is 1.07. The summed E-state index contributed by atoms with van der Waals surface area (Å²) in [7, 11) is 3.13. The molecule has 0 atom stereocenters. The smallest absolute Gasteiger partial charge is 0.384 e. The maximum atomic E-state index is 10.8. The van der Waals surface area contributed by atoms with Crippen LogP contribution in [0.2, 0.25) is 0 Å². The van der Waals surface area contributed by atoms with Crippen LogP contribution in [0.5, 0.6) is 0 Å². The number of aryl methyl sites for hydroxylation is 2. The van der Waals surface area contributed by atoms with E-state index >= 15 is 0 Å². The van der Waals surface area contributed by atoms with Gasteiger partial charge < -0.3 is 4.74 Å². The largest absolute Gasteiger partial charge is 0.459 e. The third-order valence-electron chi connectivity index (χ3n) is 1.72. The molecule has 0 unspecified atom stereocenters. The van der Waals surface area contributed by atoms with Crippen LogP contribution < -0.4 is 0 Å². The Labute approximate surface area is 82.9 Å². The van der Waals surface area contributed by atoms with Crippen LogP contribution in [0.3, 0.4) is 0 Å². The highest BCUT2D eigenvalue weighted by Crippen LogP contribution is 2.04. The van der Waals surface area contributed by atoms with Gasteiger partial charge in [-0.15, -0.1) is 0 Å². The standard InChI is InChI=1S/C10H12N2O2/c1-4-9-8(7-12(2)11-9)5-6-10(13)14-3/h7H,4H2,1-3H3. The Morgan fingerprint density at radius 2 is 2.43 bits per heavy atom. The second kappa shape index (κ2) is 4.47. The van der Waals surface area contributed by atoms with Crippen LogP contribution in [-0.2, 0) is 23.0 Å². The van der Waals surface area contributed by atoms with E-state index in [0.717, 1.165) is 17.7 Å². The summed E-state index contributed by atoms with van der Waals surface area (Å²) in [6.07, 6.45) is 2.58. The maximum Gasteiger partial charge on any atom is 0.384 e. The number of nitrogens with zero attached hydrogens (tertiary/aromatic N) is 2. The monoisotopic (exact) mass is 192 g/mol. The first-order valence-corrected chi connectivity index (χ1v) is 4.29. The predicted octanol–water partition coefficient (Wildman–Crippen LogP) is 0.507. The Bertz CT molecular complexity index is 396. The molecule has 1 aromatic heterocycles. The lowest BCUT2D eigenvalue weighted by molar-refractivity contribution is -0.133. The molecule has 0 saturated heterocycles. The van der Waals surface area contributed by atoms with E-state index in [1.54, 1.807) is 10.9 Å². The highest BCUT2D eigenvalue weighted by atomic mass is 16.5. The molecule has 74 valence electrons. The van der Waals surface area contributed by atoms with E-state index in [9.17, 15) is 4.79 Å². The number of carbonyl (C=O) groups excluding carboxylic acids is 1. The fraction of sp³-hybridized carbons (Fsp3) is 0.400. The van der Waals surface area contributed by atoms with Crippen LogP contribution in [-0.4, -0.2) is 22.9 Å². The molecule has 0 saturated carbocycles. The van der Waals surface area contributed by atoms with E-state index in [2.05, 4.69) is 21.7 Å². The molecule has 0 bridgehead atoms. The molecule has 0 fully saturated rings. The van der Waals surface area contributed by atoms with Gasteiger partial charge in [-0.2, -0.15) is 5.10 Å². The van der Waals surface area contributed by atoms with Crippen LogP contribution in [0.4, 0.5) is 0 Å². The van der Waals surface area contributed by atoms with Crippen molar-refractivity contribution in [1.82, 2.24) is 9.78 Å². The van der Waals surface area contributed by atoms with E-state index in [-0.39, 0.29) is 0 Å². The second-order valence-electron chi connectivity index (χ2n) is 2.76. The summed E-state index contributed by atoms with van der Waals surface area (Å²) < 4.78 is 6.09. The number of esters is 1. The van der Waals surface area contributed by atoms with Crippen molar-refractivity contribution in [3.05, 3.63) is 17.5 Å². The summed E-state index contributed by atoms with van der Waals surface area (Å²) >= 11 is 0. The van der Waals surface area contributed by atoms with Crippen molar-refractivity contribution >= 4 is 5.97 Å². The zero-order valence-corrected chi connectivity index (χ0v) is 8.50. The molecule has 4 nitrogen and oxygen atoms in total. The number of rotatable bonds is 1. The first-order chi connectivity index (χ1) is 6.67. The van der Waals surface area contributed by atoms with E-state index < -0.39 is 5.97 Å². The van der Waals surface area contributed by atoms with Crippen LogP contribution in [0.1, 0.15) is 18.2 Å². The normalized spacial score (nSPS) is 9.07. The Kier molecular flexibility index (Phi) is 3.29. The Hall–Kier alpha value is -1.76. The molecular formula is C10H12N2O2. The zero-order chi connectivity index (χ0) is 10.6. The minimum atomic E-state index is -0.532. The number of ether oxygens (including phenoxy) is 1. The number of carbonyl (C=O) groups is 1. The van der Waals surface area contributed by atoms with Gasteiger partial charge in [0.05, 0.1) is 18.4 Å². The van der Waals surface area contributed by atoms with Gasteiger partial charge >= 0.3 is 5.97 Å². The molecule has 4 heteroatoms. The van der Waals surface area contributed by atoms with E-state index in [1.165, 1.54) is 7.11 Å². The van der Waals surface area contributed by atoms with Crippen molar-refractivity contribution in [1.29, 1.82) is 0 Å². The summed E-state index contributed by atoms with van der Waals surface area (Å²) in [6, 6.07) is 0. The second-order valence-corrected chi connectivity index (χ2v) is 2.76. The van der Waals surface area contributed by atoms with Gasteiger partial charge in [0.1, 0.15) is 0 Å². The molecule has 1 heterocycles. The van der Waals surface area contributed by atoms with Crippen molar-refractivity contribution in [2.24, 2.45) is 7.05 Å². The molecule has 0 aliphatic rings. The molecule has 0 aromatic carbocycles. The summed E-state index contributed by atoms with van der Waals surface area (Å²) in [5.74, 6) is 4.57. The summed E-state index contributed by atoms with van der Waals surface area (Å²) in [6.45, 7) is 1.99. The molecule has 0 aliphatic carbocycles. The quantitative estimate of drug-likeness (QED) is 0.481. The van der Waals surface area contributed by atoms with Gasteiger partial charge in [0.15, 0.2) is 0 Å². The maximum absolute atomic E-state index is 10.8. The molecule has 0 aliphatic heterocycles. The van der Waals surface area contributed by atoms with Gasteiger partial charge in [0.2, 0.25) is 0 Å². The first kappa shape index (κ1) is 10.3. The molecule has 14 heavy (non-hydrogen) atoms. The zero-order valence-electron chi connectivity index (χ0n) is 8.50. The van der Waals surface area contributed by atoms with Crippen molar-refractivity contribution in [3.63, 3.8) is 0 Å². The first-order valence-electron chi connectivity index (χ1n) is 4.29. The summed E-state index contributed by atoms with van der Waals surface area (Å²) in [4.78, 5) is 10.8. The van der Waals surface area contributed by atoms with Gasteiger partial charge in [0, 0.05) is 19.2 Å². The van der Waals surface area contributed by atoms with Crippen LogP contribution in [0.25, 0.3) is 0 Å². The Morgan fingerprint density at radius 3 is 3.00 bits per heavy atom. The van der Waals surface area contributed by atoms with E-state index in [4.69, 9.17) is 0 Å². The molecular weight excluding hydrogens is 180 g/mol. The van der Waals surface area contributed by atoms with Crippen LogP contribution >= 0.6 is 0 Å². The predicted molar refractivity (Wildman–Crippen MR) is 51.5 cm³/mol.